The molecule has 0 aliphatic carbocycles. The Morgan fingerprint density at radius 3 is 2.94 bits per heavy atom. The first-order valence-electron chi connectivity index (χ1n) is 4.78. The third-order valence-corrected chi connectivity index (χ3v) is 2.94. The quantitative estimate of drug-likeness (QED) is 0.857. The van der Waals surface area contributed by atoms with Gasteiger partial charge < -0.3 is 5.11 Å². The number of nitrogens with zero attached hydrogens (tertiary/aromatic N) is 3. The largest absolute Gasteiger partial charge is 0.481 e. The number of halogens is 2. The fourth-order valence-electron chi connectivity index (χ4n) is 1.28. The van der Waals surface area contributed by atoms with E-state index in [-0.39, 0.29) is 16.6 Å². The number of benzene rings is 1. The number of carbonyl (C=O) groups is 1. The Bertz CT molecular complexity index is 588. The average molecular weight is 271 g/mol. The van der Waals surface area contributed by atoms with Gasteiger partial charge in [0.25, 0.3) is 0 Å². The maximum Gasteiger partial charge on any atom is 0.313 e. The smallest absolute Gasteiger partial charge is 0.313 e. The summed E-state index contributed by atoms with van der Waals surface area (Å²) in [5, 5.41) is 16.0. The second-order valence-electron chi connectivity index (χ2n) is 3.26. The lowest BCUT2D eigenvalue weighted by Crippen LogP contribution is -2.03. The first-order valence-corrected chi connectivity index (χ1v) is 5.76. The number of carboxylic acids is 1. The van der Waals surface area contributed by atoms with E-state index in [1.165, 1.54) is 10.9 Å². The lowest BCUT2D eigenvalue weighted by molar-refractivity contribution is -0.133. The second-order valence-corrected chi connectivity index (χ2v) is 4.20. The van der Waals surface area contributed by atoms with Gasteiger partial charge in [0.15, 0.2) is 5.16 Å². The molecule has 1 aromatic heterocycles. The van der Waals surface area contributed by atoms with Gasteiger partial charge in [-0.1, -0.05) is 11.8 Å². The standard InChI is InChI=1S/C10H7F2N3O2S/c11-6-1-2-7(12)8(3-6)15-5-13-14-10(15)18-4-9(16)17/h1-3,5H,4H2,(H,16,17). The molecule has 8 heteroatoms. The van der Waals surface area contributed by atoms with E-state index in [1.54, 1.807) is 0 Å². The molecule has 0 aliphatic heterocycles. The molecule has 2 aromatic rings. The van der Waals surface area contributed by atoms with Crippen LogP contribution in [0.1, 0.15) is 0 Å². The third-order valence-electron chi connectivity index (χ3n) is 2.01. The van der Waals surface area contributed by atoms with Gasteiger partial charge in [-0.15, -0.1) is 10.2 Å². The molecule has 2 rings (SSSR count). The molecule has 1 heterocycles. The highest BCUT2D eigenvalue weighted by molar-refractivity contribution is 7.99. The Balaban J connectivity index is 2.36. The summed E-state index contributed by atoms with van der Waals surface area (Å²) in [5.74, 6) is -2.52. The molecule has 1 aromatic carbocycles. The fourth-order valence-corrected chi connectivity index (χ4v) is 1.93. The topological polar surface area (TPSA) is 68.0 Å². The molecule has 94 valence electrons. The Labute approximate surface area is 104 Å². The maximum absolute atomic E-state index is 13.5. The van der Waals surface area contributed by atoms with Crippen LogP contribution in [0.5, 0.6) is 0 Å². The van der Waals surface area contributed by atoms with Crippen LogP contribution in [0.3, 0.4) is 0 Å². The normalized spacial score (nSPS) is 10.6. The van der Waals surface area contributed by atoms with E-state index in [1.807, 2.05) is 0 Å². The van der Waals surface area contributed by atoms with E-state index < -0.39 is 17.6 Å². The average Bonchev–Trinajstić information content (AvgIpc) is 2.77. The molecule has 0 bridgehead atoms. The number of carboxylic acid groups (broad SMARTS) is 1. The molecule has 0 fully saturated rings. The zero-order valence-electron chi connectivity index (χ0n) is 8.88. The van der Waals surface area contributed by atoms with Gasteiger partial charge in [0.05, 0.1) is 11.4 Å². The SMILES string of the molecule is O=C(O)CSc1nncn1-c1cc(F)ccc1F. The highest BCUT2D eigenvalue weighted by atomic mass is 32.2. The van der Waals surface area contributed by atoms with Crippen LogP contribution < -0.4 is 0 Å². The summed E-state index contributed by atoms with van der Waals surface area (Å²) in [7, 11) is 0. The van der Waals surface area contributed by atoms with Gasteiger partial charge in [0, 0.05) is 6.07 Å². The highest BCUT2D eigenvalue weighted by Crippen LogP contribution is 2.21. The Morgan fingerprint density at radius 1 is 1.44 bits per heavy atom. The number of hydrogen-bond donors (Lipinski definition) is 1. The first-order chi connectivity index (χ1) is 8.58. The van der Waals surface area contributed by atoms with Gasteiger partial charge in [-0.25, -0.2) is 8.78 Å². The molecule has 0 amide bonds. The minimum atomic E-state index is -1.03. The van der Waals surface area contributed by atoms with Crippen molar-refractivity contribution in [3.05, 3.63) is 36.2 Å². The summed E-state index contributed by atoms with van der Waals surface area (Å²) in [5.41, 5.74) is -0.0621. The first kappa shape index (κ1) is 12.5. The van der Waals surface area contributed by atoms with Crippen molar-refractivity contribution in [1.29, 1.82) is 0 Å². The van der Waals surface area contributed by atoms with Crippen molar-refractivity contribution in [2.45, 2.75) is 5.16 Å². The van der Waals surface area contributed by atoms with Crippen LogP contribution in [-0.4, -0.2) is 31.6 Å². The minimum Gasteiger partial charge on any atom is -0.481 e. The van der Waals surface area contributed by atoms with Gasteiger partial charge in [-0.2, -0.15) is 0 Å². The lowest BCUT2D eigenvalue weighted by atomic mass is 10.3. The van der Waals surface area contributed by atoms with Gasteiger partial charge >= 0.3 is 5.97 Å². The van der Waals surface area contributed by atoms with Crippen molar-refractivity contribution in [2.24, 2.45) is 0 Å². The zero-order chi connectivity index (χ0) is 13.1. The predicted molar refractivity (Wildman–Crippen MR) is 59.6 cm³/mol. The molecule has 0 spiro atoms. The molecular weight excluding hydrogens is 264 g/mol. The van der Waals surface area contributed by atoms with Crippen molar-refractivity contribution in [1.82, 2.24) is 14.8 Å². The Hall–Kier alpha value is -1.96. The van der Waals surface area contributed by atoms with Crippen LogP contribution in [0.4, 0.5) is 8.78 Å². The monoisotopic (exact) mass is 271 g/mol. The van der Waals surface area contributed by atoms with Crippen LogP contribution in [0, 0.1) is 11.6 Å². The van der Waals surface area contributed by atoms with E-state index in [0.717, 1.165) is 30.0 Å². The molecule has 1 N–H and O–H groups in total. The van der Waals surface area contributed by atoms with Gasteiger partial charge in [-0.05, 0) is 12.1 Å². The number of thioether (sulfide) groups is 1. The van der Waals surface area contributed by atoms with Crippen molar-refractivity contribution in [2.75, 3.05) is 5.75 Å². The zero-order valence-corrected chi connectivity index (χ0v) is 9.69. The molecule has 5 nitrogen and oxygen atoms in total. The van der Waals surface area contributed by atoms with Crippen molar-refractivity contribution >= 4 is 17.7 Å². The molecule has 0 aliphatic rings. The number of aliphatic carboxylic acids is 1. The summed E-state index contributed by atoms with van der Waals surface area (Å²) in [6.07, 6.45) is 1.20. The molecule has 0 saturated heterocycles. The van der Waals surface area contributed by atoms with E-state index >= 15 is 0 Å². The van der Waals surface area contributed by atoms with E-state index in [4.69, 9.17) is 5.11 Å². The fraction of sp³-hybridized carbons (Fsp3) is 0.100. The Kier molecular flexibility index (Phi) is 3.56. The predicted octanol–water partition coefficient (Wildman–Crippen LogP) is 1.72. The maximum atomic E-state index is 13.5. The summed E-state index contributed by atoms with van der Waals surface area (Å²) in [6.45, 7) is 0. The number of aromatic nitrogens is 3. The summed E-state index contributed by atoms with van der Waals surface area (Å²) < 4.78 is 27.8. The van der Waals surface area contributed by atoms with Crippen LogP contribution in [0.15, 0.2) is 29.7 Å². The van der Waals surface area contributed by atoms with Crippen molar-refractivity contribution in [3.63, 3.8) is 0 Å². The van der Waals surface area contributed by atoms with Gasteiger partial charge in [0.2, 0.25) is 0 Å². The molecule has 0 saturated carbocycles. The molecule has 0 unspecified atom stereocenters. The minimum absolute atomic E-state index is 0.0621. The van der Waals surface area contributed by atoms with Crippen molar-refractivity contribution < 1.29 is 18.7 Å². The molecule has 0 radical (unpaired) electrons. The number of hydrogen-bond acceptors (Lipinski definition) is 4. The second kappa shape index (κ2) is 5.13. The van der Waals surface area contributed by atoms with Crippen LogP contribution in [0.2, 0.25) is 0 Å². The highest BCUT2D eigenvalue weighted by Gasteiger charge is 2.13. The summed E-state index contributed by atoms with van der Waals surface area (Å²) in [6, 6.07) is 2.97. The number of rotatable bonds is 4. The van der Waals surface area contributed by atoms with E-state index in [0.29, 0.717) is 0 Å². The summed E-state index contributed by atoms with van der Waals surface area (Å²) >= 11 is 0.872. The van der Waals surface area contributed by atoms with Crippen LogP contribution in [-0.2, 0) is 4.79 Å². The molecule has 18 heavy (non-hydrogen) atoms. The van der Waals surface area contributed by atoms with Crippen LogP contribution in [0.25, 0.3) is 5.69 Å². The lowest BCUT2D eigenvalue weighted by Gasteiger charge is -2.06. The molecule has 0 atom stereocenters. The Morgan fingerprint density at radius 2 is 2.22 bits per heavy atom. The third kappa shape index (κ3) is 2.65. The summed E-state index contributed by atoms with van der Waals surface area (Å²) in [4.78, 5) is 10.5. The molecular formula is C10H7F2N3O2S. The van der Waals surface area contributed by atoms with Crippen molar-refractivity contribution in [3.8, 4) is 5.69 Å². The van der Waals surface area contributed by atoms with E-state index in [9.17, 15) is 13.6 Å². The van der Waals surface area contributed by atoms with Gasteiger partial charge in [0.1, 0.15) is 18.0 Å². The van der Waals surface area contributed by atoms with Crippen LogP contribution >= 0.6 is 11.8 Å². The van der Waals surface area contributed by atoms with Gasteiger partial charge in [-0.3, -0.25) is 9.36 Å². The van der Waals surface area contributed by atoms with E-state index in [2.05, 4.69) is 10.2 Å².